The van der Waals surface area contributed by atoms with Gasteiger partial charge in [0.2, 0.25) is 0 Å². The zero-order chi connectivity index (χ0) is 20.5. The molecule has 0 unspecified atom stereocenters. The van der Waals surface area contributed by atoms with E-state index in [0.29, 0.717) is 23.0 Å². The van der Waals surface area contributed by atoms with E-state index in [1.807, 2.05) is 42.5 Å². The van der Waals surface area contributed by atoms with Crippen LogP contribution in [0.3, 0.4) is 0 Å². The molecule has 0 bridgehead atoms. The van der Waals surface area contributed by atoms with Crippen LogP contribution >= 0.6 is 0 Å². The quantitative estimate of drug-likeness (QED) is 0.391. The molecule has 0 N–H and O–H groups in total. The van der Waals surface area contributed by atoms with Crippen molar-refractivity contribution in [3.63, 3.8) is 0 Å². The zero-order valence-corrected chi connectivity index (χ0v) is 16.6. The molecule has 2 aromatic carbocycles. The van der Waals surface area contributed by atoms with E-state index < -0.39 is 5.97 Å². The summed E-state index contributed by atoms with van der Waals surface area (Å²) in [5, 5.41) is 0. The normalized spacial score (nSPS) is 10.3. The molecule has 0 fully saturated rings. The highest BCUT2D eigenvalue weighted by molar-refractivity contribution is 5.85. The summed E-state index contributed by atoms with van der Waals surface area (Å²) in [5.41, 5.74) is 2.60. The summed E-state index contributed by atoms with van der Waals surface area (Å²) in [7, 11) is 7.67. The average molecular weight is 384 g/mol. The minimum Gasteiger partial charge on any atom is -0.493 e. The second kappa shape index (κ2) is 10.1. The van der Waals surface area contributed by atoms with E-state index in [2.05, 4.69) is 4.74 Å². The molecule has 6 heteroatoms. The number of methoxy groups -OCH3 is 5. The minimum atomic E-state index is -0.435. The number of esters is 1. The summed E-state index contributed by atoms with van der Waals surface area (Å²) in [6.07, 6.45) is 4.80. The van der Waals surface area contributed by atoms with Crippen molar-refractivity contribution < 1.29 is 28.5 Å². The molecule has 0 radical (unpaired) electrons. The third-order valence-electron chi connectivity index (χ3n) is 4.09. The lowest BCUT2D eigenvalue weighted by molar-refractivity contribution is -0.134. The SMILES string of the molecule is COC(=O)C=CC=C(c1ccc(OC)c(OC)c1)c1ccc(OC)c(OC)c1. The second-order valence-electron chi connectivity index (χ2n) is 5.60. The molecule has 28 heavy (non-hydrogen) atoms. The van der Waals surface area contributed by atoms with Gasteiger partial charge in [0.1, 0.15) is 0 Å². The molecule has 6 nitrogen and oxygen atoms in total. The number of allylic oxidation sites excluding steroid dienone is 2. The van der Waals surface area contributed by atoms with E-state index in [-0.39, 0.29) is 0 Å². The van der Waals surface area contributed by atoms with Gasteiger partial charge in [-0.15, -0.1) is 0 Å². The first kappa shape index (κ1) is 20.9. The first-order valence-corrected chi connectivity index (χ1v) is 8.49. The first-order chi connectivity index (χ1) is 13.6. The predicted molar refractivity (Wildman–Crippen MR) is 107 cm³/mol. The third kappa shape index (κ3) is 4.85. The van der Waals surface area contributed by atoms with Crippen molar-refractivity contribution in [3.8, 4) is 23.0 Å². The highest BCUT2D eigenvalue weighted by Crippen LogP contribution is 2.36. The van der Waals surface area contributed by atoms with Crippen LogP contribution in [0.5, 0.6) is 23.0 Å². The molecule has 0 aliphatic heterocycles. The minimum absolute atomic E-state index is 0.435. The Balaban J connectivity index is 2.59. The van der Waals surface area contributed by atoms with Crippen LogP contribution in [0, 0.1) is 0 Å². The van der Waals surface area contributed by atoms with Gasteiger partial charge in [-0.25, -0.2) is 4.79 Å². The van der Waals surface area contributed by atoms with Crippen molar-refractivity contribution >= 4 is 11.5 Å². The molecule has 0 saturated heterocycles. The highest BCUT2D eigenvalue weighted by atomic mass is 16.5. The molecule has 2 rings (SSSR count). The monoisotopic (exact) mass is 384 g/mol. The van der Waals surface area contributed by atoms with Gasteiger partial charge in [0.05, 0.1) is 35.5 Å². The number of hydrogen-bond donors (Lipinski definition) is 0. The Labute approximate surface area is 164 Å². The maximum Gasteiger partial charge on any atom is 0.330 e. The maximum atomic E-state index is 11.4. The van der Waals surface area contributed by atoms with Crippen molar-refractivity contribution in [2.24, 2.45) is 0 Å². The fourth-order valence-corrected chi connectivity index (χ4v) is 2.66. The van der Waals surface area contributed by atoms with Gasteiger partial charge in [-0.2, -0.15) is 0 Å². The van der Waals surface area contributed by atoms with Gasteiger partial charge >= 0.3 is 5.97 Å². The van der Waals surface area contributed by atoms with Crippen LogP contribution in [0.25, 0.3) is 5.57 Å². The van der Waals surface area contributed by atoms with Crippen LogP contribution in [0.2, 0.25) is 0 Å². The van der Waals surface area contributed by atoms with Crippen molar-refractivity contribution in [3.05, 3.63) is 65.8 Å². The molecular formula is C22H24O6. The maximum absolute atomic E-state index is 11.4. The van der Waals surface area contributed by atoms with Crippen LogP contribution in [0.1, 0.15) is 11.1 Å². The molecule has 2 aromatic rings. The third-order valence-corrected chi connectivity index (χ3v) is 4.09. The summed E-state index contributed by atoms with van der Waals surface area (Å²) < 4.78 is 26.1. The summed E-state index contributed by atoms with van der Waals surface area (Å²) in [6.45, 7) is 0. The van der Waals surface area contributed by atoms with Gasteiger partial charge in [-0.3, -0.25) is 0 Å². The molecule has 0 spiro atoms. The van der Waals surface area contributed by atoms with E-state index in [1.165, 1.54) is 13.2 Å². The van der Waals surface area contributed by atoms with Gasteiger partial charge in [0.25, 0.3) is 0 Å². The van der Waals surface area contributed by atoms with Gasteiger partial charge in [0.15, 0.2) is 23.0 Å². The summed E-state index contributed by atoms with van der Waals surface area (Å²) in [6, 6.07) is 11.2. The molecule has 0 heterocycles. The van der Waals surface area contributed by atoms with Crippen LogP contribution in [-0.2, 0) is 9.53 Å². The van der Waals surface area contributed by atoms with E-state index in [1.54, 1.807) is 34.5 Å². The Bertz CT molecular complexity index is 825. The number of hydrogen-bond acceptors (Lipinski definition) is 6. The largest absolute Gasteiger partial charge is 0.493 e. The standard InChI is InChI=1S/C22H24O6/c1-24-18-11-9-15(13-20(18)26-3)17(7-6-8-22(23)28-5)16-10-12-19(25-2)21(14-16)27-4/h6-14H,1-5H3. The zero-order valence-electron chi connectivity index (χ0n) is 16.6. The van der Waals surface area contributed by atoms with E-state index in [9.17, 15) is 4.79 Å². The Kier molecular flexibility index (Phi) is 7.51. The number of carbonyl (C=O) groups is 1. The number of rotatable bonds is 8. The lowest BCUT2D eigenvalue weighted by Crippen LogP contribution is -1.96. The average Bonchev–Trinajstić information content (AvgIpc) is 2.75. The number of carbonyl (C=O) groups excluding carboxylic acids is 1. The lowest BCUT2D eigenvalue weighted by Gasteiger charge is -2.14. The van der Waals surface area contributed by atoms with Crippen molar-refractivity contribution in [2.75, 3.05) is 35.5 Å². The van der Waals surface area contributed by atoms with Gasteiger partial charge in [-0.1, -0.05) is 24.3 Å². The van der Waals surface area contributed by atoms with Gasteiger partial charge in [0, 0.05) is 6.08 Å². The molecule has 0 saturated carbocycles. The Morgan fingerprint density at radius 3 is 1.57 bits per heavy atom. The van der Waals surface area contributed by atoms with Crippen molar-refractivity contribution in [1.29, 1.82) is 0 Å². The fraction of sp³-hybridized carbons (Fsp3) is 0.227. The molecule has 0 aromatic heterocycles. The van der Waals surface area contributed by atoms with E-state index in [0.717, 1.165) is 16.7 Å². The van der Waals surface area contributed by atoms with Gasteiger partial charge < -0.3 is 23.7 Å². The van der Waals surface area contributed by atoms with E-state index >= 15 is 0 Å². The van der Waals surface area contributed by atoms with E-state index in [4.69, 9.17) is 18.9 Å². The lowest BCUT2D eigenvalue weighted by atomic mass is 9.96. The summed E-state index contributed by atoms with van der Waals surface area (Å²) in [4.78, 5) is 11.4. The van der Waals surface area contributed by atoms with Crippen molar-refractivity contribution in [2.45, 2.75) is 0 Å². The summed E-state index contributed by atoms with van der Waals surface area (Å²) in [5.74, 6) is 2.02. The van der Waals surface area contributed by atoms with Gasteiger partial charge in [-0.05, 0) is 41.0 Å². The Hall–Kier alpha value is -3.41. The second-order valence-corrected chi connectivity index (χ2v) is 5.60. The number of benzene rings is 2. The molecule has 148 valence electrons. The Morgan fingerprint density at radius 1 is 0.714 bits per heavy atom. The summed E-state index contributed by atoms with van der Waals surface area (Å²) >= 11 is 0. The van der Waals surface area contributed by atoms with Crippen LogP contribution in [0.4, 0.5) is 0 Å². The molecule has 0 atom stereocenters. The van der Waals surface area contributed by atoms with Crippen LogP contribution < -0.4 is 18.9 Å². The van der Waals surface area contributed by atoms with Crippen LogP contribution in [0.15, 0.2) is 54.6 Å². The Morgan fingerprint density at radius 2 is 1.18 bits per heavy atom. The molecule has 0 amide bonds. The fourth-order valence-electron chi connectivity index (χ4n) is 2.66. The molecular weight excluding hydrogens is 360 g/mol. The highest BCUT2D eigenvalue weighted by Gasteiger charge is 2.12. The predicted octanol–water partition coefficient (Wildman–Crippen LogP) is 3.88. The van der Waals surface area contributed by atoms with Crippen LogP contribution in [-0.4, -0.2) is 41.5 Å². The molecule has 0 aliphatic carbocycles. The smallest absolute Gasteiger partial charge is 0.330 e. The molecule has 0 aliphatic rings. The first-order valence-electron chi connectivity index (χ1n) is 8.49. The number of ether oxygens (including phenoxy) is 5. The van der Waals surface area contributed by atoms with Crippen molar-refractivity contribution in [1.82, 2.24) is 0 Å². The topological polar surface area (TPSA) is 63.2 Å².